The van der Waals surface area contributed by atoms with Crippen LogP contribution < -0.4 is 0 Å². The summed E-state index contributed by atoms with van der Waals surface area (Å²) in [5, 5.41) is 0. The van der Waals surface area contributed by atoms with E-state index in [1.54, 1.807) is 0 Å². The van der Waals surface area contributed by atoms with E-state index < -0.39 is 0 Å². The molecule has 0 unspecified atom stereocenters. The summed E-state index contributed by atoms with van der Waals surface area (Å²) in [7, 11) is 0. The van der Waals surface area contributed by atoms with Crippen LogP contribution in [-0.4, -0.2) is 56.9 Å². The number of hydrogen-bond acceptors (Lipinski definition) is 4. The first-order chi connectivity index (χ1) is 10.1. The zero-order valence-corrected chi connectivity index (χ0v) is 14.5. The first kappa shape index (κ1) is 14.9. The molecule has 0 N–H and O–H groups in total. The highest BCUT2D eigenvalue weighted by molar-refractivity contribution is 9.10. The fourth-order valence-electron chi connectivity index (χ4n) is 2.95. The number of halogens is 1. The summed E-state index contributed by atoms with van der Waals surface area (Å²) in [5.41, 5.74) is 3.26. The zero-order valence-electron chi connectivity index (χ0n) is 12.9. The van der Waals surface area contributed by atoms with E-state index in [2.05, 4.69) is 55.0 Å². The van der Waals surface area contributed by atoms with Crippen molar-refractivity contribution < 1.29 is 0 Å². The summed E-state index contributed by atoms with van der Waals surface area (Å²) >= 11 is 3.70. The van der Waals surface area contributed by atoms with Gasteiger partial charge in [-0.3, -0.25) is 9.30 Å². The molecule has 1 saturated heterocycles. The van der Waals surface area contributed by atoms with Crippen LogP contribution in [0, 0.1) is 13.8 Å². The van der Waals surface area contributed by atoms with Gasteiger partial charge in [-0.1, -0.05) is 6.92 Å². The number of nitrogens with zero attached hydrogens (tertiary/aromatic N) is 5. The molecule has 0 spiro atoms. The van der Waals surface area contributed by atoms with Crippen LogP contribution in [0.1, 0.15) is 24.0 Å². The summed E-state index contributed by atoms with van der Waals surface area (Å²) < 4.78 is 3.13. The number of fused-ring (bicyclic) bond motifs is 1. The number of aryl methyl sites for hydroxylation is 2. The molecule has 3 rings (SSSR count). The SMILES string of the molecule is CCN1CCN(Cc2nc3nc(C)cc(C)n3c2Br)CC1. The lowest BCUT2D eigenvalue weighted by Gasteiger charge is -2.33. The molecular weight excluding hydrogens is 330 g/mol. The third-order valence-corrected chi connectivity index (χ3v) is 5.01. The van der Waals surface area contributed by atoms with E-state index in [0.717, 1.165) is 61.0 Å². The van der Waals surface area contributed by atoms with E-state index in [1.807, 2.05) is 6.92 Å². The maximum Gasteiger partial charge on any atom is 0.235 e. The van der Waals surface area contributed by atoms with Crippen LogP contribution in [0.2, 0.25) is 0 Å². The average molecular weight is 352 g/mol. The minimum atomic E-state index is 0.793. The van der Waals surface area contributed by atoms with Crippen LogP contribution in [0.4, 0.5) is 0 Å². The van der Waals surface area contributed by atoms with Crippen molar-refractivity contribution in [2.75, 3.05) is 32.7 Å². The number of imidazole rings is 1. The van der Waals surface area contributed by atoms with Gasteiger partial charge in [0, 0.05) is 44.1 Å². The van der Waals surface area contributed by atoms with Crippen molar-refractivity contribution in [3.8, 4) is 0 Å². The standard InChI is InChI=1S/C15H22BrN5/c1-4-19-5-7-20(8-6-19)10-13-14(16)21-12(3)9-11(2)17-15(21)18-13/h9H,4-8,10H2,1-3H3. The normalized spacial score (nSPS) is 17.7. The van der Waals surface area contributed by atoms with Crippen molar-refractivity contribution in [1.82, 2.24) is 24.2 Å². The average Bonchev–Trinajstić information content (AvgIpc) is 2.76. The van der Waals surface area contributed by atoms with Gasteiger partial charge in [0.2, 0.25) is 5.78 Å². The fraction of sp³-hybridized carbons (Fsp3) is 0.600. The number of likely N-dealkylation sites (N-methyl/N-ethyl adjacent to an activating group) is 1. The van der Waals surface area contributed by atoms with Crippen molar-refractivity contribution in [3.63, 3.8) is 0 Å². The molecule has 0 aromatic carbocycles. The Balaban J connectivity index is 1.82. The van der Waals surface area contributed by atoms with Crippen LogP contribution in [0.15, 0.2) is 10.7 Å². The maximum atomic E-state index is 4.72. The predicted octanol–water partition coefficient (Wildman–Crippen LogP) is 2.25. The lowest BCUT2D eigenvalue weighted by molar-refractivity contribution is 0.131. The second-order valence-electron chi connectivity index (χ2n) is 5.73. The molecule has 0 atom stereocenters. The Morgan fingerprint density at radius 1 is 1.10 bits per heavy atom. The summed E-state index contributed by atoms with van der Waals surface area (Å²) in [4.78, 5) is 14.2. The smallest absolute Gasteiger partial charge is 0.235 e. The summed E-state index contributed by atoms with van der Waals surface area (Å²) in [5.74, 6) is 0.793. The van der Waals surface area contributed by atoms with Crippen LogP contribution in [0.25, 0.3) is 5.78 Å². The Kier molecular flexibility index (Phi) is 4.28. The second-order valence-corrected chi connectivity index (χ2v) is 6.49. The molecule has 1 fully saturated rings. The number of rotatable bonds is 3. The lowest BCUT2D eigenvalue weighted by Crippen LogP contribution is -2.45. The van der Waals surface area contributed by atoms with Crippen molar-refractivity contribution >= 4 is 21.7 Å². The summed E-state index contributed by atoms with van der Waals surface area (Å²) in [6, 6.07) is 2.09. The van der Waals surface area contributed by atoms with Gasteiger partial charge in [-0.05, 0) is 42.4 Å². The molecule has 5 nitrogen and oxygen atoms in total. The molecule has 6 heteroatoms. The topological polar surface area (TPSA) is 36.7 Å². The molecule has 0 amide bonds. The molecule has 1 aliphatic heterocycles. The molecule has 0 radical (unpaired) electrons. The summed E-state index contributed by atoms with van der Waals surface area (Å²) in [6.07, 6.45) is 0. The van der Waals surface area contributed by atoms with Crippen molar-refractivity contribution in [3.05, 3.63) is 27.8 Å². The minimum absolute atomic E-state index is 0.793. The Labute approximate surface area is 134 Å². The van der Waals surface area contributed by atoms with E-state index in [4.69, 9.17) is 4.98 Å². The monoisotopic (exact) mass is 351 g/mol. The van der Waals surface area contributed by atoms with E-state index in [-0.39, 0.29) is 0 Å². The minimum Gasteiger partial charge on any atom is -0.301 e. The molecule has 1 aliphatic rings. The van der Waals surface area contributed by atoms with Crippen molar-refractivity contribution in [1.29, 1.82) is 0 Å². The fourth-order valence-corrected chi connectivity index (χ4v) is 3.61. The van der Waals surface area contributed by atoms with Gasteiger partial charge in [0.05, 0.1) is 5.69 Å². The van der Waals surface area contributed by atoms with Crippen LogP contribution in [-0.2, 0) is 6.54 Å². The van der Waals surface area contributed by atoms with E-state index in [1.165, 1.54) is 5.69 Å². The maximum absolute atomic E-state index is 4.72. The van der Waals surface area contributed by atoms with Gasteiger partial charge in [0.1, 0.15) is 4.60 Å². The second kappa shape index (κ2) is 6.02. The first-order valence-corrected chi connectivity index (χ1v) is 8.33. The van der Waals surface area contributed by atoms with E-state index in [9.17, 15) is 0 Å². The van der Waals surface area contributed by atoms with E-state index >= 15 is 0 Å². The van der Waals surface area contributed by atoms with Gasteiger partial charge in [-0.2, -0.15) is 0 Å². The Bertz CT molecular complexity index is 643. The number of piperazine rings is 1. The molecule has 0 aliphatic carbocycles. The Morgan fingerprint density at radius 3 is 2.43 bits per heavy atom. The molecule has 0 bridgehead atoms. The molecule has 2 aromatic rings. The zero-order chi connectivity index (χ0) is 15.0. The molecule has 3 heterocycles. The Hall–Kier alpha value is -0.980. The molecule has 0 saturated carbocycles. The van der Waals surface area contributed by atoms with Gasteiger partial charge < -0.3 is 4.90 Å². The van der Waals surface area contributed by atoms with Crippen LogP contribution >= 0.6 is 15.9 Å². The van der Waals surface area contributed by atoms with Crippen LogP contribution in [0.5, 0.6) is 0 Å². The third-order valence-electron chi connectivity index (χ3n) is 4.20. The number of hydrogen-bond donors (Lipinski definition) is 0. The highest BCUT2D eigenvalue weighted by atomic mass is 79.9. The molecule has 114 valence electrons. The van der Waals surface area contributed by atoms with Crippen molar-refractivity contribution in [2.24, 2.45) is 0 Å². The van der Waals surface area contributed by atoms with Gasteiger partial charge in [-0.25, -0.2) is 9.97 Å². The van der Waals surface area contributed by atoms with Gasteiger partial charge in [0.25, 0.3) is 0 Å². The molecule has 21 heavy (non-hydrogen) atoms. The molecular formula is C15H22BrN5. The largest absolute Gasteiger partial charge is 0.301 e. The predicted molar refractivity (Wildman–Crippen MR) is 87.6 cm³/mol. The highest BCUT2D eigenvalue weighted by Crippen LogP contribution is 2.22. The Morgan fingerprint density at radius 2 is 1.76 bits per heavy atom. The number of aromatic nitrogens is 3. The quantitative estimate of drug-likeness (QED) is 0.849. The molecule has 2 aromatic heterocycles. The summed E-state index contributed by atoms with van der Waals surface area (Å²) in [6.45, 7) is 12.9. The lowest BCUT2D eigenvalue weighted by atomic mass is 10.3. The highest BCUT2D eigenvalue weighted by Gasteiger charge is 2.19. The van der Waals surface area contributed by atoms with Gasteiger partial charge in [-0.15, -0.1) is 0 Å². The first-order valence-electron chi connectivity index (χ1n) is 7.54. The van der Waals surface area contributed by atoms with Gasteiger partial charge in [0.15, 0.2) is 0 Å². The van der Waals surface area contributed by atoms with Gasteiger partial charge >= 0.3 is 0 Å². The van der Waals surface area contributed by atoms with Crippen molar-refractivity contribution in [2.45, 2.75) is 27.3 Å². The van der Waals surface area contributed by atoms with Crippen LogP contribution in [0.3, 0.4) is 0 Å². The van der Waals surface area contributed by atoms with E-state index in [0.29, 0.717) is 0 Å². The third kappa shape index (κ3) is 2.98.